The Morgan fingerprint density at radius 3 is 2.44 bits per heavy atom. The van der Waals surface area contributed by atoms with Gasteiger partial charge in [-0.15, -0.1) is 0 Å². The summed E-state index contributed by atoms with van der Waals surface area (Å²) in [5, 5.41) is 2.97. The highest BCUT2D eigenvalue weighted by Crippen LogP contribution is 2.24. The van der Waals surface area contributed by atoms with Gasteiger partial charge in [-0.3, -0.25) is 14.5 Å². The quantitative estimate of drug-likeness (QED) is 0.857. The molecule has 3 rings (SSSR count). The van der Waals surface area contributed by atoms with Crippen LogP contribution in [0, 0.1) is 5.82 Å². The largest absolute Gasteiger partial charge is 0.353 e. The van der Waals surface area contributed by atoms with Crippen molar-refractivity contribution in [3.63, 3.8) is 0 Å². The zero-order valence-corrected chi connectivity index (χ0v) is 14.5. The standard InChI is InChI=1S/C19H26FN3O2/c20-16-8-6-15(7-9-16)17(22-10-3-4-11-22)13-21-18(24)14-23-12-2-1-5-19(23)25/h6-9,17H,1-5,10-14H2,(H,21,24)/t17-/m1/s1. The van der Waals surface area contributed by atoms with Crippen LogP contribution >= 0.6 is 0 Å². The molecule has 0 bridgehead atoms. The van der Waals surface area contributed by atoms with Gasteiger partial charge in [0.2, 0.25) is 11.8 Å². The summed E-state index contributed by atoms with van der Waals surface area (Å²) < 4.78 is 13.2. The van der Waals surface area contributed by atoms with Gasteiger partial charge in [-0.2, -0.15) is 0 Å². The van der Waals surface area contributed by atoms with Crippen molar-refractivity contribution in [3.8, 4) is 0 Å². The molecule has 2 saturated heterocycles. The zero-order chi connectivity index (χ0) is 17.6. The molecule has 2 fully saturated rings. The number of likely N-dealkylation sites (tertiary alicyclic amines) is 2. The molecule has 5 nitrogen and oxygen atoms in total. The third kappa shape index (κ3) is 4.78. The molecule has 6 heteroatoms. The zero-order valence-electron chi connectivity index (χ0n) is 14.5. The van der Waals surface area contributed by atoms with Gasteiger partial charge in [0, 0.05) is 19.5 Å². The Hall–Kier alpha value is -1.95. The van der Waals surface area contributed by atoms with Crippen LogP contribution in [0.2, 0.25) is 0 Å². The second-order valence-electron chi connectivity index (χ2n) is 6.89. The molecule has 1 aromatic rings. The van der Waals surface area contributed by atoms with Gasteiger partial charge in [0.15, 0.2) is 0 Å². The molecule has 0 spiro atoms. The van der Waals surface area contributed by atoms with Crippen molar-refractivity contribution >= 4 is 11.8 Å². The Morgan fingerprint density at radius 1 is 1.08 bits per heavy atom. The van der Waals surface area contributed by atoms with Crippen LogP contribution in [0.3, 0.4) is 0 Å². The van der Waals surface area contributed by atoms with Gasteiger partial charge < -0.3 is 10.2 Å². The number of carbonyl (C=O) groups is 2. The first kappa shape index (κ1) is 17.9. The Kier molecular flexibility index (Phi) is 6.02. The van der Waals surface area contributed by atoms with Crippen LogP contribution in [-0.4, -0.2) is 54.3 Å². The van der Waals surface area contributed by atoms with Crippen molar-refractivity contribution in [1.29, 1.82) is 0 Å². The molecule has 0 aromatic heterocycles. The van der Waals surface area contributed by atoms with Gasteiger partial charge in [0.25, 0.3) is 0 Å². The number of nitrogens with one attached hydrogen (secondary N) is 1. The Morgan fingerprint density at radius 2 is 1.76 bits per heavy atom. The first-order valence-electron chi connectivity index (χ1n) is 9.17. The molecule has 2 heterocycles. The van der Waals surface area contributed by atoms with Crippen LogP contribution in [0.25, 0.3) is 0 Å². The smallest absolute Gasteiger partial charge is 0.239 e. The van der Waals surface area contributed by atoms with Crippen molar-refractivity contribution in [2.45, 2.75) is 38.1 Å². The minimum Gasteiger partial charge on any atom is -0.353 e. The maximum absolute atomic E-state index is 13.2. The third-order valence-electron chi connectivity index (χ3n) is 5.08. The lowest BCUT2D eigenvalue weighted by Crippen LogP contribution is -2.45. The number of nitrogens with zero attached hydrogens (tertiary/aromatic N) is 2. The van der Waals surface area contributed by atoms with E-state index in [0.29, 0.717) is 19.5 Å². The molecule has 25 heavy (non-hydrogen) atoms. The lowest BCUT2D eigenvalue weighted by Gasteiger charge is -2.29. The monoisotopic (exact) mass is 347 g/mol. The Bertz CT molecular complexity index is 599. The van der Waals surface area contributed by atoms with E-state index >= 15 is 0 Å². The van der Waals surface area contributed by atoms with E-state index in [9.17, 15) is 14.0 Å². The van der Waals surface area contributed by atoms with Gasteiger partial charge in [-0.05, 0) is 56.5 Å². The molecule has 1 aromatic carbocycles. The van der Waals surface area contributed by atoms with E-state index in [-0.39, 0.29) is 30.2 Å². The maximum atomic E-state index is 13.2. The van der Waals surface area contributed by atoms with Crippen LogP contribution < -0.4 is 5.32 Å². The predicted octanol–water partition coefficient (Wildman–Crippen LogP) is 2.09. The topological polar surface area (TPSA) is 52.7 Å². The molecule has 136 valence electrons. The number of piperidine rings is 1. The fraction of sp³-hybridized carbons (Fsp3) is 0.579. The minimum atomic E-state index is -0.253. The molecule has 1 N–H and O–H groups in total. The molecule has 0 aliphatic carbocycles. The van der Waals surface area contributed by atoms with Crippen molar-refractivity contribution in [1.82, 2.24) is 15.1 Å². The SMILES string of the molecule is O=C(CN1CCCCC1=O)NC[C@H](c1ccc(F)cc1)N1CCCC1. The van der Waals surface area contributed by atoms with Gasteiger partial charge in [-0.1, -0.05) is 12.1 Å². The average Bonchev–Trinajstić information content (AvgIpc) is 3.13. The molecule has 0 unspecified atom stereocenters. The van der Waals surface area contributed by atoms with Crippen molar-refractivity contribution in [2.75, 3.05) is 32.7 Å². The Labute approximate surface area is 148 Å². The molecule has 0 saturated carbocycles. The maximum Gasteiger partial charge on any atom is 0.239 e. The lowest BCUT2D eigenvalue weighted by atomic mass is 10.1. The highest BCUT2D eigenvalue weighted by Gasteiger charge is 2.25. The fourth-order valence-corrected chi connectivity index (χ4v) is 3.66. The van der Waals surface area contributed by atoms with E-state index < -0.39 is 0 Å². The van der Waals surface area contributed by atoms with Crippen LogP contribution in [0.1, 0.15) is 43.7 Å². The number of halogens is 1. The fourth-order valence-electron chi connectivity index (χ4n) is 3.66. The number of rotatable bonds is 6. The van der Waals surface area contributed by atoms with Gasteiger partial charge in [0.05, 0.1) is 12.6 Å². The summed E-state index contributed by atoms with van der Waals surface area (Å²) in [5.74, 6) is -0.311. The molecule has 2 aliphatic rings. The number of hydrogen-bond donors (Lipinski definition) is 1. The van der Waals surface area contributed by atoms with E-state index in [1.54, 1.807) is 17.0 Å². The van der Waals surface area contributed by atoms with E-state index in [4.69, 9.17) is 0 Å². The van der Waals surface area contributed by atoms with Crippen molar-refractivity contribution in [2.24, 2.45) is 0 Å². The molecule has 0 radical (unpaired) electrons. The third-order valence-corrected chi connectivity index (χ3v) is 5.08. The second kappa shape index (κ2) is 8.43. The van der Waals surface area contributed by atoms with E-state index in [2.05, 4.69) is 10.2 Å². The molecule has 2 amide bonds. The van der Waals surface area contributed by atoms with Gasteiger partial charge in [-0.25, -0.2) is 4.39 Å². The molecular weight excluding hydrogens is 321 g/mol. The Balaban J connectivity index is 1.59. The first-order valence-corrected chi connectivity index (χ1v) is 9.17. The first-order chi connectivity index (χ1) is 12.1. The number of benzene rings is 1. The lowest BCUT2D eigenvalue weighted by molar-refractivity contribution is -0.137. The van der Waals surface area contributed by atoms with Crippen LogP contribution in [0.5, 0.6) is 0 Å². The normalized spacial score (nSPS) is 19.9. The molecule has 1 atom stereocenters. The summed E-state index contributed by atoms with van der Waals surface area (Å²) in [5.41, 5.74) is 1.01. The van der Waals surface area contributed by atoms with E-state index in [1.807, 2.05) is 0 Å². The molecular formula is C19H26FN3O2. The predicted molar refractivity (Wildman–Crippen MR) is 93.4 cm³/mol. The number of hydrogen-bond acceptors (Lipinski definition) is 3. The van der Waals surface area contributed by atoms with E-state index in [0.717, 1.165) is 44.3 Å². The summed E-state index contributed by atoms with van der Waals surface area (Å²) in [4.78, 5) is 28.1. The van der Waals surface area contributed by atoms with Gasteiger partial charge >= 0.3 is 0 Å². The van der Waals surface area contributed by atoms with Crippen molar-refractivity contribution < 1.29 is 14.0 Å². The summed E-state index contributed by atoms with van der Waals surface area (Å²) in [6, 6.07) is 6.56. The summed E-state index contributed by atoms with van der Waals surface area (Å²) >= 11 is 0. The highest BCUT2D eigenvalue weighted by atomic mass is 19.1. The average molecular weight is 347 g/mol. The van der Waals surface area contributed by atoms with E-state index in [1.165, 1.54) is 12.1 Å². The van der Waals surface area contributed by atoms with Crippen LogP contribution in [0.15, 0.2) is 24.3 Å². The summed E-state index contributed by atoms with van der Waals surface area (Å²) in [6.45, 7) is 3.26. The van der Waals surface area contributed by atoms with Crippen molar-refractivity contribution in [3.05, 3.63) is 35.6 Å². The van der Waals surface area contributed by atoms with Crippen LogP contribution in [-0.2, 0) is 9.59 Å². The number of carbonyl (C=O) groups excluding carboxylic acids is 2. The molecule has 2 aliphatic heterocycles. The number of amides is 2. The highest BCUT2D eigenvalue weighted by molar-refractivity contribution is 5.85. The second-order valence-corrected chi connectivity index (χ2v) is 6.89. The minimum absolute atomic E-state index is 0.0455. The van der Waals surface area contributed by atoms with Gasteiger partial charge in [0.1, 0.15) is 5.82 Å². The summed E-state index contributed by atoms with van der Waals surface area (Å²) in [7, 11) is 0. The van der Waals surface area contributed by atoms with Crippen LogP contribution in [0.4, 0.5) is 4.39 Å². The summed E-state index contributed by atoms with van der Waals surface area (Å²) in [6.07, 6.45) is 4.71.